The SMILES string of the molecule is COc1cc([C@@H](C)N2CCNCC2)c(OC)cc1Br.Cl.Cl. The minimum absolute atomic E-state index is 0. The van der Waals surface area contributed by atoms with Crippen LogP contribution in [0.25, 0.3) is 0 Å². The fourth-order valence-corrected chi connectivity index (χ4v) is 2.96. The molecule has 1 aromatic rings. The lowest BCUT2D eigenvalue weighted by Gasteiger charge is -2.33. The molecule has 7 heteroatoms. The maximum atomic E-state index is 5.51. The van der Waals surface area contributed by atoms with Crippen molar-refractivity contribution in [2.75, 3.05) is 40.4 Å². The van der Waals surface area contributed by atoms with E-state index >= 15 is 0 Å². The molecule has 0 amide bonds. The molecule has 0 bridgehead atoms. The lowest BCUT2D eigenvalue weighted by atomic mass is 10.0. The standard InChI is InChI=1S/C14H21BrN2O2.2ClH/c1-10(17-6-4-16-5-7-17)11-8-14(19-3)12(15)9-13(11)18-2;;/h8-10,16H,4-7H2,1-3H3;2*1H/t10-;;/m1../s1. The van der Waals surface area contributed by atoms with Crippen molar-refractivity contribution < 1.29 is 9.47 Å². The summed E-state index contributed by atoms with van der Waals surface area (Å²) in [6, 6.07) is 4.36. The molecular formula is C14H23BrCl2N2O2. The number of nitrogens with zero attached hydrogens (tertiary/aromatic N) is 1. The average molecular weight is 402 g/mol. The first-order chi connectivity index (χ1) is 9.17. The Labute approximate surface area is 147 Å². The van der Waals surface area contributed by atoms with Crippen LogP contribution in [0.2, 0.25) is 0 Å². The van der Waals surface area contributed by atoms with E-state index in [-0.39, 0.29) is 24.8 Å². The predicted molar refractivity (Wildman–Crippen MR) is 94.6 cm³/mol. The van der Waals surface area contributed by atoms with E-state index in [0.717, 1.165) is 42.2 Å². The van der Waals surface area contributed by atoms with E-state index in [2.05, 4.69) is 39.1 Å². The number of hydrogen-bond acceptors (Lipinski definition) is 4. The lowest BCUT2D eigenvalue weighted by Crippen LogP contribution is -2.44. The summed E-state index contributed by atoms with van der Waals surface area (Å²) >= 11 is 3.50. The third kappa shape index (κ3) is 4.89. The fraction of sp³-hybridized carbons (Fsp3) is 0.571. The highest BCUT2D eigenvalue weighted by Crippen LogP contribution is 2.37. The van der Waals surface area contributed by atoms with Gasteiger partial charge in [-0.1, -0.05) is 0 Å². The van der Waals surface area contributed by atoms with E-state index in [0.29, 0.717) is 6.04 Å². The molecule has 1 N–H and O–H groups in total. The van der Waals surface area contributed by atoms with Gasteiger partial charge < -0.3 is 14.8 Å². The highest BCUT2D eigenvalue weighted by Gasteiger charge is 2.22. The van der Waals surface area contributed by atoms with Crippen molar-refractivity contribution in [1.82, 2.24) is 10.2 Å². The number of benzene rings is 1. The summed E-state index contributed by atoms with van der Waals surface area (Å²) < 4.78 is 11.8. The second-order valence-corrected chi connectivity index (χ2v) is 5.54. The number of halogens is 3. The lowest BCUT2D eigenvalue weighted by molar-refractivity contribution is 0.182. The van der Waals surface area contributed by atoms with E-state index in [1.165, 1.54) is 5.56 Å². The molecule has 1 saturated heterocycles. The van der Waals surface area contributed by atoms with Crippen LogP contribution in [0.5, 0.6) is 11.5 Å². The van der Waals surface area contributed by atoms with Gasteiger partial charge in [0.15, 0.2) is 0 Å². The summed E-state index contributed by atoms with van der Waals surface area (Å²) in [5.41, 5.74) is 1.17. The summed E-state index contributed by atoms with van der Waals surface area (Å²) in [5.74, 6) is 1.75. The van der Waals surface area contributed by atoms with Gasteiger partial charge in [0, 0.05) is 37.8 Å². The summed E-state index contributed by atoms with van der Waals surface area (Å²) in [6.45, 7) is 6.42. The molecule has 0 spiro atoms. The van der Waals surface area contributed by atoms with Gasteiger partial charge in [-0.25, -0.2) is 0 Å². The molecule has 0 unspecified atom stereocenters. The van der Waals surface area contributed by atoms with Crippen molar-refractivity contribution in [3.63, 3.8) is 0 Å². The van der Waals surface area contributed by atoms with Crippen molar-refractivity contribution >= 4 is 40.7 Å². The molecular weight excluding hydrogens is 379 g/mol. The van der Waals surface area contributed by atoms with Gasteiger partial charge in [0.1, 0.15) is 11.5 Å². The Morgan fingerprint density at radius 2 is 1.67 bits per heavy atom. The predicted octanol–water partition coefficient (Wildman–Crippen LogP) is 3.28. The summed E-state index contributed by atoms with van der Waals surface area (Å²) in [4.78, 5) is 2.46. The van der Waals surface area contributed by atoms with Crippen LogP contribution in [0.3, 0.4) is 0 Å². The highest BCUT2D eigenvalue weighted by molar-refractivity contribution is 9.10. The molecule has 1 aliphatic heterocycles. The van der Waals surface area contributed by atoms with Gasteiger partial charge >= 0.3 is 0 Å². The van der Waals surface area contributed by atoms with Gasteiger partial charge in [0.25, 0.3) is 0 Å². The van der Waals surface area contributed by atoms with Gasteiger partial charge in [-0.2, -0.15) is 0 Å². The minimum Gasteiger partial charge on any atom is -0.496 e. The average Bonchev–Trinajstić information content (AvgIpc) is 2.47. The Balaban J connectivity index is 0.00000200. The molecule has 1 atom stereocenters. The number of nitrogens with one attached hydrogen (secondary N) is 1. The molecule has 0 aromatic heterocycles. The Morgan fingerprint density at radius 1 is 1.10 bits per heavy atom. The van der Waals surface area contributed by atoms with Crippen molar-refractivity contribution in [3.05, 3.63) is 22.2 Å². The third-order valence-electron chi connectivity index (χ3n) is 3.65. The number of ether oxygens (including phenoxy) is 2. The van der Waals surface area contributed by atoms with E-state index in [4.69, 9.17) is 9.47 Å². The van der Waals surface area contributed by atoms with Gasteiger partial charge in [-0.15, -0.1) is 24.8 Å². The molecule has 4 nitrogen and oxygen atoms in total. The number of hydrogen-bond donors (Lipinski definition) is 1. The zero-order valence-corrected chi connectivity index (χ0v) is 15.7. The van der Waals surface area contributed by atoms with Gasteiger partial charge in [0.2, 0.25) is 0 Å². The summed E-state index contributed by atoms with van der Waals surface area (Å²) in [6.07, 6.45) is 0. The normalized spacial score (nSPS) is 16.4. The molecule has 2 rings (SSSR count). The molecule has 1 heterocycles. The van der Waals surface area contributed by atoms with Crippen molar-refractivity contribution in [3.8, 4) is 11.5 Å². The molecule has 1 aromatic carbocycles. The fourth-order valence-electron chi connectivity index (χ4n) is 2.48. The zero-order valence-electron chi connectivity index (χ0n) is 12.5. The Bertz CT molecular complexity index is 443. The number of methoxy groups -OCH3 is 2. The van der Waals surface area contributed by atoms with Crippen LogP contribution in [-0.4, -0.2) is 45.3 Å². The Hall–Kier alpha value is -0.200. The van der Waals surface area contributed by atoms with Crippen LogP contribution >= 0.6 is 40.7 Å². The second-order valence-electron chi connectivity index (χ2n) is 4.69. The second kappa shape index (κ2) is 9.74. The first-order valence-corrected chi connectivity index (χ1v) is 7.33. The zero-order chi connectivity index (χ0) is 13.8. The van der Waals surface area contributed by atoms with Gasteiger partial charge in [-0.05, 0) is 35.0 Å². The Morgan fingerprint density at radius 3 is 2.19 bits per heavy atom. The monoisotopic (exact) mass is 400 g/mol. The van der Waals surface area contributed by atoms with Gasteiger partial charge in [0.05, 0.1) is 18.7 Å². The maximum Gasteiger partial charge on any atom is 0.133 e. The molecule has 0 radical (unpaired) electrons. The van der Waals surface area contributed by atoms with E-state index in [1.54, 1.807) is 14.2 Å². The largest absolute Gasteiger partial charge is 0.496 e. The third-order valence-corrected chi connectivity index (χ3v) is 4.27. The number of piperazine rings is 1. The van der Waals surface area contributed by atoms with Crippen LogP contribution in [0.1, 0.15) is 18.5 Å². The molecule has 21 heavy (non-hydrogen) atoms. The van der Waals surface area contributed by atoms with Crippen LogP contribution in [-0.2, 0) is 0 Å². The topological polar surface area (TPSA) is 33.7 Å². The van der Waals surface area contributed by atoms with Crippen molar-refractivity contribution in [2.45, 2.75) is 13.0 Å². The molecule has 0 aliphatic carbocycles. The van der Waals surface area contributed by atoms with E-state index < -0.39 is 0 Å². The highest BCUT2D eigenvalue weighted by atomic mass is 79.9. The van der Waals surface area contributed by atoms with E-state index in [1.807, 2.05) is 6.07 Å². The number of rotatable bonds is 4. The van der Waals surface area contributed by atoms with Crippen LogP contribution in [0.15, 0.2) is 16.6 Å². The quantitative estimate of drug-likeness (QED) is 0.839. The Kier molecular flexibility index (Phi) is 9.65. The summed E-state index contributed by atoms with van der Waals surface area (Å²) in [5, 5.41) is 3.38. The maximum absolute atomic E-state index is 5.51. The van der Waals surface area contributed by atoms with Gasteiger partial charge in [-0.3, -0.25) is 4.90 Å². The first kappa shape index (κ1) is 20.8. The first-order valence-electron chi connectivity index (χ1n) is 6.53. The minimum atomic E-state index is 0. The molecule has 1 aliphatic rings. The van der Waals surface area contributed by atoms with Crippen LogP contribution < -0.4 is 14.8 Å². The van der Waals surface area contributed by atoms with Crippen molar-refractivity contribution in [1.29, 1.82) is 0 Å². The van der Waals surface area contributed by atoms with Crippen LogP contribution in [0.4, 0.5) is 0 Å². The summed E-state index contributed by atoms with van der Waals surface area (Å²) in [7, 11) is 3.40. The molecule has 122 valence electrons. The van der Waals surface area contributed by atoms with E-state index in [9.17, 15) is 0 Å². The molecule has 0 saturated carbocycles. The molecule has 1 fully saturated rings. The van der Waals surface area contributed by atoms with Crippen molar-refractivity contribution in [2.24, 2.45) is 0 Å². The smallest absolute Gasteiger partial charge is 0.133 e. The van der Waals surface area contributed by atoms with Crippen LogP contribution in [0, 0.1) is 0 Å².